The molecule has 4 nitrogen and oxygen atoms in total. The maximum atomic E-state index is 11.9. The molecule has 1 aromatic heterocycles. The van der Waals surface area contributed by atoms with Crippen molar-refractivity contribution in [2.75, 3.05) is 0 Å². The molecule has 0 fully saturated rings. The fourth-order valence-electron chi connectivity index (χ4n) is 1.81. The lowest BCUT2D eigenvalue weighted by molar-refractivity contribution is -0.142. The molecule has 0 radical (unpaired) electrons. The monoisotopic (exact) mass is 373 g/mol. The standard InChI is InChI=1S/C18H16BrNO3/c1-3-12(2)22-18(21)14(11-20)10-16-8-9-17(23-16)13-4-6-15(19)7-5-13/h4-10,12H,3H2,1-2H3/b14-10+/t12-/m0/s1. The van der Waals surface area contributed by atoms with Gasteiger partial charge in [-0.05, 0) is 37.6 Å². The van der Waals surface area contributed by atoms with Gasteiger partial charge in [0.15, 0.2) is 0 Å². The number of rotatable bonds is 5. The molecule has 0 amide bonds. The second-order valence-electron chi connectivity index (χ2n) is 5.00. The third-order valence-electron chi connectivity index (χ3n) is 3.27. The molecule has 0 spiro atoms. The Hall–Kier alpha value is -2.32. The molecule has 23 heavy (non-hydrogen) atoms. The highest BCUT2D eigenvalue weighted by Crippen LogP contribution is 2.25. The van der Waals surface area contributed by atoms with Gasteiger partial charge in [0.25, 0.3) is 0 Å². The van der Waals surface area contributed by atoms with Crippen LogP contribution >= 0.6 is 15.9 Å². The zero-order valence-electron chi connectivity index (χ0n) is 12.9. The molecule has 1 aromatic carbocycles. The minimum atomic E-state index is -0.636. The quantitative estimate of drug-likeness (QED) is 0.422. The number of carbonyl (C=O) groups is 1. The van der Waals surface area contributed by atoms with Crippen LogP contribution in [0.1, 0.15) is 26.0 Å². The van der Waals surface area contributed by atoms with Crippen LogP contribution in [0, 0.1) is 11.3 Å². The summed E-state index contributed by atoms with van der Waals surface area (Å²) in [5.41, 5.74) is 0.829. The molecular formula is C18H16BrNO3. The second kappa shape index (κ2) is 7.80. The first-order chi connectivity index (χ1) is 11.0. The van der Waals surface area contributed by atoms with Crippen LogP contribution in [0.15, 0.2) is 50.9 Å². The van der Waals surface area contributed by atoms with Crippen LogP contribution in [0.3, 0.4) is 0 Å². The molecule has 0 unspecified atom stereocenters. The van der Waals surface area contributed by atoms with Crippen molar-refractivity contribution in [3.63, 3.8) is 0 Å². The van der Waals surface area contributed by atoms with E-state index in [1.165, 1.54) is 6.08 Å². The predicted molar refractivity (Wildman–Crippen MR) is 91.3 cm³/mol. The average molecular weight is 374 g/mol. The smallest absolute Gasteiger partial charge is 0.349 e. The van der Waals surface area contributed by atoms with Gasteiger partial charge < -0.3 is 9.15 Å². The highest BCUT2D eigenvalue weighted by molar-refractivity contribution is 9.10. The number of benzene rings is 1. The first kappa shape index (κ1) is 17.0. The van der Waals surface area contributed by atoms with Gasteiger partial charge in [0, 0.05) is 16.1 Å². The topological polar surface area (TPSA) is 63.2 Å². The summed E-state index contributed by atoms with van der Waals surface area (Å²) in [7, 11) is 0. The van der Waals surface area contributed by atoms with E-state index in [1.54, 1.807) is 19.1 Å². The molecule has 2 rings (SSSR count). The number of esters is 1. The fourth-order valence-corrected chi connectivity index (χ4v) is 2.07. The van der Waals surface area contributed by atoms with Crippen LogP contribution in [0.4, 0.5) is 0 Å². The second-order valence-corrected chi connectivity index (χ2v) is 5.92. The van der Waals surface area contributed by atoms with Gasteiger partial charge in [-0.3, -0.25) is 0 Å². The van der Waals surface area contributed by atoms with E-state index in [4.69, 9.17) is 14.4 Å². The van der Waals surface area contributed by atoms with Crippen molar-refractivity contribution in [2.45, 2.75) is 26.4 Å². The lowest BCUT2D eigenvalue weighted by atomic mass is 10.2. The lowest BCUT2D eigenvalue weighted by Gasteiger charge is -2.09. The average Bonchev–Trinajstić information content (AvgIpc) is 3.01. The van der Waals surface area contributed by atoms with Gasteiger partial charge >= 0.3 is 5.97 Å². The Morgan fingerprint density at radius 2 is 2.04 bits per heavy atom. The third-order valence-corrected chi connectivity index (χ3v) is 3.79. The van der Waals surface area contributed by atoms with Crippen molar-refractivity contribution in [1.82, 2.24) is 0 Å². The fraction of sp³-hybridized carbons (Fsp3) is 0.222. The molecule has 0 N–H and O–H groups in total. The molecule has 0 saturated heterocycles. The Morgan fingerprint density at radius 3 is 2.65 bits per heavy atom. The van der Waals surface area contributed by atoms with E-state index in [-0.39, 0.29) is 11.7 Å². The van der Waals surface area contributed by atoms with E-state index < -0.39 is 5.97 Å². The summed E-state index contributed by atoms with van der Waals surface area (Å²) in [4.78, 5) is 11.9. The van der Waals surface area contributed by atoms with E-state index in [9.17, 15) is 4.79 Å². The first-order valence-electron chi connectivity index (χ1n) is 7.22. The number of carbonyl (C=O) groups excluding carboxylic acids is 1. The molecule has 0 bridgehead atoms. The summed E-state index contributed by atoms with van der Waals surface area (Å²) < 4.78 is 11.8. The highest BCUT2D eigenvalue weighted by atomic mass is 79.9. The van der Waals surface area contributed by atoms with Crippen LogP contribution in [0.5, 0.6) is 0 Å². The van der Waals surface area contributed by atoms with Gasteiger partial charge in [0.05, 0.1) is 6.10 Å². The molecule has 0 aliphatic carbocycles. The van der Waals surface area contributed by atoms with Gasteiger partial charge in [-0.15, -0.1) is 0 Å². The zero-order valence-corrected chi connectivity index (χ0v) is 14.5. The summed E-state index contributed by atoms with van der Waals surface area (Å²) in [5.74, 6) is 0.459. The molecule has 118 valence electrons. The van der Waals surface area contributed by atoms with E-state index in [2.05, 4.69) is 15.9 Å². The van der Waals surface area contributed by atoms with Crippen molar-refractivity contribution in [2.24, 2.45) is 0 Å². The number of nitriles is 1. The van der Waals surface area contributed by atoms with Gasteiger partial charge in [0.1, 0.15) is 23.2 Å². The van der Waals surface area contributed by atoms with Crippen LogP contribution < -0.4 is 0 Å². The van der Waals surface area contributed by atoms with Crippen molar-refractivity contribution >= 4 is 28.0 Å². The summed E-state index contributed by atoms with van der Waals surface area (Å²) in [6.45, 7) is 3.69. The number of furan rings is 1. The van der Waals surface area contributed by atoms with Crippen LogP contribution in [0.25, 0.3) is 17.4 Å². The number of hydrogen-bond acceptors (Lipinski definition) is 4. The van der Waals surface area contributed by atoms with Gasteiger partial charge in [0.2, 0.25) is 0 Å². The number of hydrogen-bond donors (Lipinski definition) is 0. The summed E-state index contributed by atoms with van der Waals surface area (Å²) >= 11 is 3.38. The summed E-state index contributed by atoms with van der Waals surface area (Å²) in [5, 5.41) is 9.13. The Labute approximate surface area is 143 Å². The van der Waals surface area contributed by atoms with Gasteiger partial charge in [-0.2, -0.15) is 5.26 Å². The molecule has 0 aliphatic rings. The SMILES string of the molecule is CC[C@H](C)OC(=O)/C(C#N)=C/c1ccc(-c2ccc(Br)cc2)o1. The molecule has 1 heterocycles. The van der Waals surface area contributed by atoms with Gasteiger partial charge in [-0.25, -0.2) is 4.79 Å². The largest absolute Gasteiger partial charge is 0.459 e. The molecule has 0 aliphatic heterocycles. The van der Waals surface area contributed by atoms with Crippen molar-refractivity contribution in [3.8, 4) is 17.4 Å². The van der Waals surface area contributed by atoms with Crippen LogP contribution in [-0.4, -0.2) is 12.1 Å². The molecular weight excluding hydrogens is 358 g/mol. The molecule has 0 saturated carbocycles. The van der Waals surface area contributed by atoms with Crippen molar-refractivity contribution in [1.29, 1.82) is 5.26 Å². The van der Waals surface area contributed by atoms with Crippen molar-refractivity contribution in [3.05, 3.63) is 52.2 Å². The lowest BCUT2D eigenvalue weighted by Crippen LogP contribution is -2.15. The predicted octanol–water partition coefficient (Wildman–Crippen LogP) is 4.96. The number of ether oxygens (including phenoxy) is 1. The summed E-state index contributed by atoms with van der Waals surface area (Å²) in [6.07, 6.45) is 1.86. The summed E-state index contributed by atoms with van der Waals surface area (Å²) in [6, 6.07) is 13.0. The Balaban J connectivity index is 2.20. The Morgan fingerprint density at radius 1 is 1.35 bits per heavy atom. The molecule has 1 atom stereocenters. The Bertz CT molecular complexity index is 753. The molecule has 5 heteroatoms. The normalized spacial score (nSPS) is 12.5. The third kappa shape index (κ3) is 4.57. The maximum Gasteiger partial charge on any atom is 0.349 e. The highest BCUT2D eigenvalue weighted by Gasteiger charge is 2.15. The Kier molecular flexibility index (Phi) is 5.78. The number of halogens is 1. The number of nitrogens with zero attached hydrogens (tertiary/aromatic N) is 1. The van der Waals surface area contributed by atoms with Gasteiger partial charge in [-0.1, -0.05) is 35.0 Å². The van der Waals surface area contributed by atoms with E-state index in [0.29, 0.717) is 17.9 Å². The minimum absolute atomic E-state index is 0.0815. The van der Waals surface area contributed by atoms with E-state index in [0.717, 1.165) is 10.0 Å². The van der Waals surface area contributed by atoms with Crippen molar-refractivity contribution < 1.29 is 13.9 Å². The molecule has 2 aromatic rings. The van der Waals surface area contributed by atoms with E-state index >= 15 is 0 Å². The minimum Gasteiger partial charge on any atom is -0.459 e. The first-order valence-corrected chi connectivity index (χ1v) is 8.01. The maximum absolute atomic E-state index is 11.9. The van der Waals surface area contributed by atoms with E-state index in [1.807, 2.05) is 37.3 Å². The van der Waals surface area contributed by atoms with Crippen LogP contribution in [0.2, 0.25) is 0 Å². The zero-order chi connectivity index (χ0) is 16.8. The van der Waals surface area contributed by atoms with Crippen LogP contribution in [-0.2, 0) is 9.53 Å².